The Morgan fingerprint density at radius 1 is 1.35 bits per heavy atom. The van der Waals surface area contributed by atoms with E-state index < -0.39 is 0 Å². The third-order valence-corrected chi connectivity index (χ3v) is 3.90. The summed E-state index contributed by atoms with van der Waals surface area (Å²) in [6.45, 7) is 8.06. The Labute approximate surface area is 106 Å². The normalized spacial score (nSPS) is 24.6. The van der Waals surface area contributed by atoms with Gasteiger partial charge < -0.3 is 10.6 Å². The van der Waals surface area contributed by atoms with Gasteiger partial charge in [-0.15, -0.1) is 0 Å². The van der Waals surface area contributed by atoms with Crippen molar-refractivity contribution in [2.75, 3.05) is 13.1 Å². The first kappa shape index (κ1) is 14.5. The minimum atomic E-state index is 0.240. The van der Waals surface area contributed by atoms with E-state index in [1.54, 1.807) is 0 Å². The van der Waals surface area contributed by atoms with Gasteiger partial charge in [-0.2, -0.15) is 0 Å². The zero-order valence-corrected chi connectivity index (χ0v) is 11.6. The summed E-state index contributed by atoms with van der Waals surface area (Å²) in [6.07, 6.45) is 5.33. The van der Waals surface area contributed by atoms with Crippen molar-refractivity contribution in [3.8, 4) is 0 Å². The van der Waals surface area contributed by atoms with Crippen molar-refractivity contribution in [1.82, 2.24) is 4.90 Å². The molecule has 0 bridgehead atoms. The molecule has 1 rings (SSSR count). The molecule has 2 atom stereocenters. The molecule has 0 aromatic heterocycles. The molecule has 1 aliphatic rings. The Morgan fingerprint density at radius 3 is 2.35 bits per heavy atom. The van der Waals surface area contributed by atoms with Crippen molar-refractivity contribution in [2.45, 2.75) is 58.9 Å². The van der Waals surface area contributed by atoms with Crippen LogP contribution in [0.5, 0.6) is 0 Å². The summed E-state index contributed by atoms with van der Waals surface area (Å²) in [5, 5.41) is 0. The molecule has 0 aromatic carbocycles. The monoisotopic (exact) mass is 240 g/mol. The quantitative estimate of drug-likeness (QED) is 0.775. The second kappa shape index (κ2) is 7.00. The van der Waals surface area contributed by atoms with Crippen LogP contribution in [0.25, 0.3) is 0 Å². The van der Waals surface area contributed by atoms with Crippen molar-refractivity contribution < 1.29 is 4.79 Å². The molecule has 1 saturated heterocycles. The van der Waals surface area contributed by atoms with Gasteiger partial charge in [0.25, 0.3) is 0 Å². The minimum Gasteiger partial charge on any atom is -0.339 e. The third-order valence-electron chi connectivity index (χ3n) is 3.90. The molecular formula is C14H28N2O. The first-order valence-corrected chi connectivity index (χ1v) is 7.14. The molecule has 2 N–H and O–H groups in total. The topological polar surface area (TPSA) is 46.3 Å². The first-order chi connectivity index (χ1) is 8.13. The highest BCUT2D eigenvalue weighted by Crippen LogP contribution is 2.26. The molecule has 3 nitrogen and oxygen atoms in total. The van der Waals surface area contributed by atoms with Gasteiger partial charge in [-0.1, -0.05) is 26.7 Å². The van der Waals surface area contributed by atoms with Gasteiger partial charge in [-0.05, 0) is 38.6 Å². The molecule has 100 valence electrons. The zero-order valence-electron chi connectivity index (χ0n) is 11.6. The number of amides is 1. The highest BCUT2D eigenvalue weighted by molar-refractivity contribution is 5.79. The Kier molecular flexibility index (Phi) is 5.96. The highest BCUT2D eigenvalue weighted by Gasteiger charge is 2.34. The Balaban J connectivity index is 2.60. The molecule has 1 fully saturated rings. The molecule has 3 heteroatoms. The van der Waals surface area contributed by atoms with Crippen LogP contribution >= 0.6 is 0 Å². The van der Waals surface area contributed by atoms with Crippen molar-refractivity contribution in [3.05, 3.63) is 0 Å². The van der Waals surface area contributed by atoms with Crippen LogP contribution in [-0.4, -0.2) is 29.9 Å². The lowest BCUT2D eigenvalue weighted by Crippen LogP contribution is -2.38. The van der Waals surface area contributed by atoms with Crippen molar-refractivity contribution in [1.29, 1.82) is 0 Å². The molecule has 1 heterocycles. The average Bonchev–Trinajstić information content (AvgIpc) is 2.69. The maximum atomic E-state index is 12.5. The van der Waals surface area contributed by atoms with E-state index in [1.165, 1.54) is 0 Å². The van der Waals surface area contributed by atoms with Crippen molar-refractivity contribution in [3.63, 3.8) is 0 Å². The van der Waals surface area contributed by atoms with Crippen molar-refractivity contribution in [2.24, 2.45) is 17.6 Å². The van der Waals surface area contributed by atoms with E-state index in [1.807, 2.05) is 0 Å². The maximum absolute atomic E-state index is 12.5. The van der Waals surface area contributed by atoms with Crippen LogP contribution in [0, 0.1) is 11.8 Å². The van der Waals surface area contributed by atoms with Crippen LogP contribution in [0.3, 0.4) is 0 Å². The van der Waals surface area contributed by atoms with E-state index in [-0.39, 0.29) is 5.92 Å². The van der Waals surface area contributed by atoms with Gasteiger partial charge in [0.15, 0.2) is 0 Å². The number of nitrogens with zero attached hydrogens (tertiary/aromatic N) is 1. The molecule has 0 saturated carbocycles. The second-order valence-corrected chi connectivity index (χ2v) is 5.45. The highest BCUT2D eigenvalue weighted by atomic mass is 16.2. The molecule has 2 unspecified atom stereocenters. The fraction of sp³-hybridized carbons (Fsp3) is 0.929. The van der Waals surface area contributed by atoms with E-state index >= 15 is 0 Å². The van der Waals surface area contributed by atoms with Gasteiger partial charge in [0.2, 0.25) is 5.91 Å². The Hall–Kier alpha value is -0.570. The average molecular weight is 240 g/mol. The Morgan fingerprint density at radius 2 is 1.94 bits per heavy atom. The lowest BCUT2D eigenvalue weighted by atomic mass is 9.96. The molecule has 17 heavy (non-hydrogen) atoms. The van der Waals surface area contributed by atoms with Crippen LogP contribution < -0.4 is 5.73 Å². The summed E-state index contributed by atoms with van der Waals surface area (Å²) >= 11 is 0. The predicted molar refractivity (Wildman–Crippen MR) is 71.6 cm³/mol. The Bertz CT molecular complexity index is 236. The summed E-state index contributed by atoms with van der Waals surface area (Å²) < 4.78 is 0. The van der Waals surface area contributed by atoms with Crippen LogP contribution in [0.1, 0.15) is 52.9 Å². The van der Waals surface area contributed by atoms with E-state index in [9.17, 15) is 4.79 Å². The number of carbonyl (C=O) groups excluding carboxylic acids is 1. The molecule has 0 aliphatic carbocycles. The lowest BCUT2D eigenvalue weighted by molar-refractivity contribution is -0.136. The molecule has 0 radical (unpaired) electrons. The van der Waals surface area contributed by atoms with Gasteiger partial charge in [0.1, 0.15) is 0 Å². The van der Waals surface area contributed by atoms with Gasteiger partial charge in [-0.3, -0.25) is 4.79 Å². The fourth-order valence-electron chi connectivity index (χ4n) is 2.94. The maximum Gasteiger partial charge on any atom is 0.225 e. The standard InChI is InChI=1S/C14H28N2O/c1-4-6-13(7-5-2)14(17)16-10-12(9-15)8-11(16)3/h11-13H,4-10,15H2,1-3H3. The summed E-state index contributed by atoms with van der Waals surface area (Å²) in [7, 11) is 0. The first-order valence-electron chi connectivity index (χ1n) is 7.14. The SMILES string of the molecule is CCCC(CCC)C(=O)N1CC(CN)CC1C. The van der Waals surface area contributed by atoms with E-state index in [2.05, 4.69) is 25.7 Å². The zero-order chi connectivity index (χ0) is 12.8. The smallest absolute Gasteiger partial charge is 0.225 e. The van der Waals surface area contributed by atoms with E-state index in [0.29, 0.717) is 24.4 Å². The predicted octanol–water partition coefficient (Wildman–Crippen LogP) is 2.40. The molecular weight excluding hydrogens is 212 g/mol. The van der Waals surface area contributed by atoms with Crippen LogP contribution in [0.2, 0.25) is 0 Å². The molecule has 1 aliphatic heterocycles. The number of nitrogens with two attached hydrogens (primary N) is 1. The van der Waals surface area contributed by atoms with Crippen LogP contribution in [0.4, 0.5) is 0 Å². The molecule has 0 spiro atoms. The second-order valence-electron chi connectivity index (χ2n) is 5.45. The largest absolute Gasteiger partial charge is 0.339 e. The van der Waals surface area contributed by atoms with E-state index in [0.717, 1.165) is 38.6 Å². The summed E-state index contributed by atoms with van der Waals surface area (Å²) in [6, 6.07) is 0.382. The minimum absolute atomic E-state index is 0.240. The summed E-state index contributed by atoms with van der Waals surface area (Å²) in [4.78, 5) is 14.6. The van der Waals surface area contributed by atoms with Crippen LogP contribution in [-0.2, 0) is 4.79 Å². The fourth-order valence-corrected chi connectivity index (χ4v) is 2.94. The van der Waals surface area contributed by atoms with Crippen molar-refractivity contribution >= 4 is 5.91 Å². The number of likely N-dealkylation sites (tertiary alicyclic amines) is 1. The lowest BCUT2D eigenvalue weighted by Gasteiger charge is -2.26. The van der Waals surface area contributed by atoms with Gasteiger partial charge in [0, 0.05) is 18.5 Å². The molecule has 1 amide bonds. The van der Waals surface area contributed by atoms with E-state index in [4.69, 9.17) is 5.73 Å². The van der Waals surface area contributed by atoms with Gasteiger partial charge in [-0.25, -0.2) is 0 Å². The number of rotatable bonds is 6. The van der Waals surface area contributed by atoms with Crippen LogP contribution in [0.15, 0.2) is 0 Å². The number of carbonyl (C=O) groups is 1. The van der Waals surface area contributed by atoms with Gasteiger partial charge in [0.05, 0.1) is 0 Å². The summed E-state index contributed by atoms with van der Waals surface area (Å²) in [5.74, 6) is 1.12. The number of hydrogen-bond acceptors (Lipinski definition) is 2. The number of hydrogen-bond donors (Lipinski definition) is 1. The van der Waals surface area contributed by atoms with Gasteiger partial charge >= 0.3 is 0 Å². The molecule has 0 aromatic rings. The summed E-state index contributed by atoms with van der Waals surface area (Å²) in [5.41, 5.74) is 5.71. The third kappa shape index (κ3) is 3.70.